The first-order chi connectivity index (χ1) is 12.9. The van der Waals surface area contributed by atoms with Gasteiger partial charge in [0.15, 0.2) is 0 Å². The Hall–Kier alpha value is -3.25. The van der Waals surface area contributed by atoms with Gasteiger partial charge in [0.25, 0.3) is 0 Å². The van der Waals surface area contributed by atoms with E-state index in [1.807, 2.05) is 16.8 Å². The number of allylic oxidation sites excluding steroid dienone is 1. The SMILES string of the molecule is C=C(Nc1cc(C(=N)/C=C/c2ccc(F)cc2)c(N)cc1F)c1ccsc1. The summed E-state index contributed by atoms with van der Waals surface area (Å²) in [6.07, 6.45) is 3.20. The first kappa shape index (κ1) is 18.5. The molecular weight excluding hydrogens is 364 g/mol. The Balaban J connectivity index is 1.83. The number of nitrogen functional groups attached to an aromatic ring is 1. The summed E-state index contributed by atoms with van der Waals surface area (Å²) in [4.78, 5) is 0. The molecule has 1 aromatic heterocycles. The zero-order chi connectivity index (χ0) is 19.4. The van der Waals surface area contributed by atoms with Crippen molar-refractivity contribution in [1.82, 2.24) is 0 Å². The summed E-state index contributed by atoms with van der Waals surface area (Å²) in [5, 5.41) is 15.0. The number of thiophene rings is 1. The molecule has 0 aliphatic heterocycles. The molecule has 0 spiro atoms. The van der Waals surface area contributed by atoms with Crippen molar-refractivity contribution >= 4 is 40.2 Å². The molecule has 3 nitrogen and oxygen atoms in total. The molecule has 0 fully saturated rings. The third-order valence-electron chi connectivity index (χ3n) is 3.90. The van der Waals surface area contributed by atoms with Crippen molar-refractivity contribution in [2.24, 2.45) is 0 Å². The average molecular weight is 381 g/mol. The normalized spacial score (nSPS) is 10.9. The molecule has 0 atom stereocenters. The second-order valence-corrected chi connectivity index (χ2v) is 6.61. The van der Waals surface area contributed by atoms with Crippen molar-refractivity contribution in [2.75, 3.05) is 11.1 Å². The van der Waals surface area contributed by atoms with Crippen LogP contribution in [0.5, 0.6) is 0 Å². The monoisotopic (exact) mass is 381 g/mol. The van der Waals surface area contributed by atoms with E-state index in [2.05, 4.69) is 11.9 Å². The van der Waals surface area contributed by atoms with Crippen LogP contribution in [0.25, 0.3) is 11.8 Å². The Morgan fingerprint density at radius 1 is 1.15 bits per heavy atom. The molecular formula is C21H17F2N3S. The molecule has 6 heteroatoms. The minimum Gasteiger partial charge on any atom is -0.398 e. The quantitative estimate of drug-likeness (QED) is 0.375. The molecule has 0 radical (unpaired) electrons. The standard InChI is InChI=1S/C21H17F2N3S/c1-13(15-8-9-27-12-15)26-21-10-17(20(25)11-18(21)23)19(24)7-4-14-2-5-16(22)6-3-14/h2-12,24,26H,1,25H2/b7-4+,24-19?. The topological polar surface area (TPSA) is 61.9 Å². The fourth-order valence-corrected chi connectivity index (χ4v) is 3.10. The number of rotatable bonds is 6. The van der Waals surface area contributed by atoms with Gasteiger partial charge in [0.1, 0.15) is 11.6 Å². The number of nitrogens with one attached hydrogen (secondary N) is 2. The zero-order valence-electron chi connectivity index (χ0n) is 14.3. The van der Waals surface area contributed by atoms with Crippen LogP contribution in [0.3, 0.4) is 0 Å². The van der Waals surface area contributed by atoms with E-state index in [-0.39, 0.29) is 22.9 Å². The van der Waals surface area contributed by atoms with Crippen LogP contribution in [0.4, 0.5) is 20.2 Å². The molecule has 3 rings (SSSR count). The predicted octanol–water partition coefficient (Wildman–Crippen LogP) is 5.77. The van der Waals surface area contributed by atoms with Crippen LogP contribution in [-0.4, -0.2) is 5.71 Å². The Morgan fingerprint density at radius 3 is 2.56 bits per heavy atom. The van der Waals surface area contributed by atoms with Crippen LogP contribution in [0.1, 0.15) is 16.7 Å². The van der Waals surface area contributed by atoms with Gasteiger partial charge in [-0.15, -0.1) is 0 Å². The van der Waals surface area contributed by atoms with Crippen LogP contribution in [0.15, 0.2) is 65.9 Å². The largest absolute Gasteiger partial charge is 0.398 e. The Kier molecular flexibility index (Phi) is 5.47. The van der Waals surface area contributed by atoms with Gasteiger partial charge >= 0.3 is 0 Å². The lowest BCUT2D eigenvalue weighted by Gasteiger charge is -2.13. The third-order valence-corrected chi connectivity index (χ3v) is 4.58. The minimum absolute atomic E-state index is 0.112. The maximum Gasteiger partial charge on any atom is 0.148 e. The molecule has 3 aromatic rings. The molecule has 0 saturated carbocycles. The lowest BCUT2D eigenvalue weighted by atomic mass is 10.0. The summed E-state index contributed by atoms with van der Waals surface area (Å²) in [6.45, 7) is 3.91. The second-order valence-electron chi connectivity index (χ2n) is 5.83. The van der Waals surface area contributed by atoms with Crippen LogP contribution in [0, 0.1) is 17.0 Å². The minimum atomic E-state index is -0.525. The van der Waals surface area contributed by atoms with Gasteiger partial charge in [0.2, 0.25) is 0 Å². The number of hydrogen-bond acceptors (Lipinski definition) is 4. The highest BCUT2D eigenvalue weighted by atomic mass is 32.1. The van der Waals surface area contributed by atoms with Gasteiger partial charge in [-0.2, -0.15) is 11.3 Å². The summed E-state index contributed by atoms with van der Waals surface area (Å²) in [6, 6.07) is 10.4. The first-order valence-corrected chi connectivity index (χ1v) is 8.98. The van der Waals surface area contributed by atoms with Crippen molar-refractivity contribution < 1.29 is 8.78 Å². The fraction of sp³-hybridized carbons (Fsp3) is 0. The summed E-state index contributed by atoms with van der Waals surface area (Å²) in [5.74, 6) is -0.852. The number of halogens is 2. The highest BCUT2D eigenvalue weighted by Gasteiger charge is 2.12. The van der Waals surface area contributed by atoms with Gasteiger partial charge in [0, 0.05) is 22.5 Å². The van der Waals surface area contributed by atoms with Crippen molar-refractivity contribution in [3.63, 3.8) is 0 Å². The van der Waals surface area contributed by atoms with E-state index < -0.39 is 5.82 Å². The third kappa shape index (κ3) is 4.48. The van der Waals surface area contributed by atoms with Gasteiger partial charge in [-0.1, -0.05) is 24.8 Å². The molecule has 1 heterocycles. The molecule has 0 aliphatic carbocycles. The van der Waals surface area contributed by atoms with E-state index >= 15 is 0 Å². The second kappa shape index (κ2) is 7.97. The molecule has 4 N–H and O–H groups in total. The Bertz CT molecular complexity index is 1010. The van der Waals surface area contributed by atoms with Crippen molar-refractivity contribution in [2.45, 2.75) is 0 Å². The smallest absolute Gasteiger partial charge is 0.148 e. The lowest BCUT2D eigenvalue weighted by molar-refractivity contribution is 0.627. The van der Waals surface area contributed by atoms with Crippen molar-refractivity contribution in [3.05, 3.63) is 94.2 Å². The van der Waals surface area contributed by atoms with Crippen LogP contribution < -0.4 is 11.1 Å². The number of nitrogens with two attached hydrogens (primary N) is 1. The first-order valence-electron chi connectivity index (χ1n) is 8.04. The molecule has 136 valence electrons. The van der Waals surface area contributed by atoms with E-state index in [0.717, 1.165) is 11.1 Å². The lowest BCUT2D eigenvalue weighted by Crippen LogP contribution is -2.06. The fourth-order valence-electron chi connectivity index (χ4n) is 2.43. The number of anilines is 2. The molecule has 0 bridgehead atoms. The van der Waals surface area contributed by atoms with Crippen molar-refractivity contribution in [3.8, 4) is 0 Å². The summed E-state index contributed by atoms with van der Waals surface area (Å²) >= 11 is 1.52. The van der Waals surface area contributed by atoms with Gasteiger partial charge in [-0.25, -0.2) is 8.78 Å². The average Bonchev–Trinajstić information content (AvgIpc) is 3.18. The summed E-state index contributed by atoms with van der Waals surface area (Å²) in [7, 11) is 0. The summed E-state index contributed by atoms with van der Waals surface area (Å²) < 4.78 is 27.2. The number of hydrogen-bond donors (Lipinski definition) is 3. The number of benzene rings is 2. The highest BCUT2D eigenvalue weighted by Crippen LogP contribution is 2.26. The Labute approximate surface area is 160 Å². The molecule has 0 amide bonds. The molecule has 0 aliphatic rings. The molecule has 0 saturated heterocycles. The van der Waals surface area contributed by atoms with E-state index in [1.54, 1.807) is 18.2 Å². The maximum absolute atomic E-state index is 14.3. The molecule has 0 unspecified atom stereocenters. The van der Waals surface area contributed by atoms with E-state index in [1.165, 1.54) is 41.7 Å². The van der Waals surface area contributed by atoms with Crippen molar-refractivity contribution in [1.29, 1.82) is 5.41 Å². The predicted molar refractivity (Wildman–Crippen MR) is 110 cm³/mol. The van der Waals surface area contributed by atoms with Gasteiger partial charge < -0.3 is 16.5 Å². The highest BCUT2D eigenvalue weighted by molar-refractivity contribution is 7.08. The van der Waals surface area contributed by atoms with Crippen LogP contribution >= 0.6 is 11.3 Å². The van der Waals surface area contributed by atoms with Gasteiger partial charge in [0.05, 0.1) is 11.4 Å². The maximum atomic E-state index is 14.3. The van der Waals surface area contributed by atoms with E-state index in [4.69, 9.17) is 11.1 Å². The van der Waals surface area contributed by atoms with Crippen LogP contribution in [0.2, 0.25) is 0 Å². The summed E-state index contributed by atoms with van der Waals surface area (Å²) in [5.41, 5.74) is 8.90. The zero-order valence-corrected chi connectivity index (χ0v) is 15.1. The van der Waals surface area contributed by atoms with Gasteiger partial charge in [-0.3, -0.25) is 0 Å². The van der Waals surface area contributed by atoms with Gasteiger partial charge in [-0.05, 0) is 52.7 Å². The van der Waals surface area contributed by atoms with E-state index in [0.29, 0.717) is 11.3 Å². The van der Waals surface area contributed by atoms with E-state index in [9.17, 15) is 8.78 Å². The molecule has 27 heavy (non-hydrogen) atoms. The molecule has 2 aromatic carbocycles. The Morgan fingerprint density at radius 2 is 1.89 bits per heavy atom. The van der Waals surface area contributed by atoms with Crippen LogP contribution in [-0.2, 0) is 0 Å².